The summed E-state index contributed by atoms with van der Waals surface area (Å²) in [6.45, 7) is 0. The molecule has 3 nitrogen and oxygen atoms in total. The first kappa shape index (κ1) is 14.3. The van der Waals surface area contributed by atoms with Crippen LogP contribution in [0.15, 0.2) is 34.9 Å². The number of para-hydroxylation sites is 1. The molecule has 0 spiro atoms. The molecule has 0 fully saturated rings. The third-order valence-electron chi connectivity index (χ3n) is 2.74. The maximum absolute atomic E-state index is 11.8. The lowest BCUT2D eigenvalue weighted by Gasteiger charge is -2.08. The van der Waals surface area contributed by atoms with E-state index in [9.17, 15) is 4.79 Å². The minimum Gasteiger partial charge on any atom is -0.324 e. The summed E-state index contributed by atoms with van der Waals surface area (Å²) in [4.78, 5) is 16.2. The first-order chi connectivity index (χ1) is 9.20. The minimum absolute atomic E-state index is 0.00216. The van der Waals surface area contributed by atoms with Gasteiger partial charge in [-0.15, -0.1) is 11.6 Å². The van der Waals surface area contributed by atoms with E-state index < -0.39 is 0 Å². The lowest BCUT2D eigenvalue weighted by atomic mass is 10.2. The van der Waals surface area contributed by atoms with Gasteiger partial charge in [-0.3, -0.25) is 9.78 Å². The highest BCUT2D eigenvalue weighted by Gasteiger charge is 2.06. The van der Waals surface area contributed by atoms with Crippen molar-refractivity contribution in [1.82, 2.24) is 4.98 Å². The maximum Gasteiger partial charge on any atom is 0.224 e. The maximum atomic E-state index is 11.8. The lowest BCUT2D eigenvalue weighted by Crippen LogP contribution is -2.11. The van der Waals surface area contributed by atoms with Crippen LogP contribution in [0.3, 0.4) is 0 Å². The summed E-state index contributed by atoms with van der Waals surface area (Å²) in [5.41, 5.74) is 1.55. The van der Waals surface area contributed by atoms with Crippen molar-refractivity contribution in [3.8, 4) is 0 Å². The number of anilines is 1. The molecule has 0 saturated carbocycles. The zero-order valence-electron chi connectivity index (χ0n) is 10.3. The van der Waals surface area contributed by atoms with Crippen LogP contribution in [0, 0.1) is 0 Å². The number of pyridine rings is 1. The van der Waals surface area contributed by atoms with E-state index in [0.717, 1.165) is 33.9 Å². The molecule has 100 valence electrons. The number of halogens is 2. The van der Waals surface area contributed by atoms with Crippen molar-refractivity contribution >= 4 is 50.0 Å². The number of aromatic nitrogens is 1. The summed E-state index contributed by atoms with van der Waals surface area (Å²) in [6.07, 6.45) is 3.87. The molecule has 1 aromatic carbocycles. The van der Waals surface area contributed by atoms with E-state index >= 15 is 0 Å². The van der Waals surface area contributed by atoms with Gasteiger partial charge in [-0.2, -0.15) is 0 Å². The molecule has 2 aromatic rings. The summed E-state index contributed by atoms with van der Waals surface area (Å²) >= 11 is 8.98. The quantitative estimate of drug-likeness (QED) is 0.649. The SMILES string of the molecule is O=C(CCCCCl)Nc1cccc2cc(Br)cnc12. The number of rotatable bonds is 5. The molecule has 0 radical (unpaired) electrons. The standard InChI is InChI=1S/C14H14BrClN2O/c15-11-8-10-4-3-5-12(14(10)17-9-11)18-13(19)6-1-2-7-16/h3-5,8-9H,1-2,6-7H2,(H,18,19). The molecule has 0 aliphatic heterocycles. The number of carbonyl (C=O) groups excluding carboxylic acids is 1. The molecule has 0 atom stereocenters. The Bertz CT molecular complexity index is 589. The van der Waals surface area contributed by atoms with E-state index in [4.69, 9.17) is 11.6 Å². The van der Waals surface area contributed by atoms with E-state index in [1.165, 1.54) is 0 Å². The average molecular weight is 342 g/mol. The number of fused-ring (bicyclic) bond motifs is 1. The second-order valence-corrected chi connectivity index (χ2v) is 5.52. The number of unbranched alkanes of at least 4 members (excludes halogenated alkanes) is 1. The molecule has 0 aliphatic rings. The Balaban J connectivity index is 2.14. The molecule has 1 amide bonds. The van der Waals surface area contributed by atoms with Gasteiger partial charge in [0.25, 0.3) is 0 Å². The van der Waals surface area contributed by atoms with Gasteiger partial charge in [0, 0.05) is 28.4 Å². The molecular formula is C14H14BrClN2O. The third-order valence-corrected chi connectivity index (χ3v) is 3.44. The predicted molar refractivity (Wildman–Crippen MR) is 82.6 cm³/mol. The van der Waals surface area contributed by atoms with E-state index in [0.29, 0.717) is 12.3 Å². The van der Waals surface area contributed by atoms with Crippen molar-refractivity contribution in [2.24, 2.45) is 0 Å². The second kappa shape index (κ2) is 6.87. The fourth-order valence-corrected chi connectivity index (χ4v) is 2.37. The molecule has 2 rings (SSSR count). The van der Waals surface area contributed by atoms with E-state index in [2.05, 4.69) is 26.2 Å². The first-order valence-electron chi connectivity index (χ1n) is 6.11. The van der Waals surface area contributed by atoms with Gasteiger partial charge in [-0.05, 0) is 40.9 Å². The first-order valence-corrected chi connectivity index (χ1v) is 7.43. The Kier molecular flexibility index (Phi) is 5.16. The van der Waals surface area contributed by atoms with Crippen LogP contribution in [0.25, 0.3) is 10.9 Å². The fraction of sp³-hybridized carbons (Fsp3) is 0.286. The number of alkyl halides is 1. The van der Waals surface area contributed by atoms with Crippen LogP contribution in [0.1, 0.15) is 19.3 Å². The Morgan fingerprint density at radius 2 is 2.21 bits per heavy atom. The lowest BCUT2D eigenvalue weighted by molar-refractivity contribution is -0.116. The second-order valence-electron chi connectivity index (χ2n) is 4.23. The van der Waals surface area contributed by atoms with Crippen LogP contribution in [-0.2, 0) is 4.79 Å². The van der Waals surface area contributed by atoms with Crippen LogP contribution in [0.4, 0.5) is 5.69 Å². The zero-order chi connectivity index (χ0) is 13.7. The van der Waals surface area contributed by atoms with Crippen LogP contribution in [0.2, 0.25) is 0 Å². The molecular weight excluding hydrogens is 328 g/mol. The van der Waals surface area contributed by atoms with Gasteiger partial charge < -0.3 is 5.32 Å². The number of amides is 1. The number of benzene rings is 1. The molecule has 5 heteroatoms. The number of hydrogen-bond donors (Lipinski definition) is 1. The topological polar surface area (TPSA) is 42.0 Å². The van der Waals surface area contributed by atoms with Crippen LogP contribution in [-0.4, -0.2) is 16.8 Å². The number of carbonyl (C=O) groups is 1. The van der Waals surface area contributed by atoms with E-state index in [1.54, 1.807) is 6.20 Å². The minimum atomic E-state index is 0.00216. The van der Waals surface area contributed by atoms with Crippen molar-refractivity contribution in [3.63, 3.8) is 0 Å². The van der Waals surface area contributed by atoms with Crippen molar-refractivity contribution in [2.75, 3.05) is 11.2 Å². The Labute approximate surface area is 125 Å². The molecule has 1 N–H and O–H groups in total. The van der Waals surface area contributed by atoms with Crippen LogP contribution >= 0.6 is 27.5 Å². The summed E-state index contributed by atoms with van der Waals surface area (Å²) in [5.74, 6) is 0.597. The van der Waals surface area contributed by atoms with Gasteiger partial charge in [-0.25, -0.2) is 0 Å². The fourth-order valence-electron chi connectivity index (χ4n) is 1.83. The smallest absolute Gasteiger partial charge is 0.224 e. The summed E-state index contributed by atoms with van der Waals surface area (Å²) in [7, 11) is 0. The largest absolute Gasteiger partial charge is 0.324 e. The Morgan fingerprint density at radius 1 is 1.37 bits per heavy atom. The molecule has 0 aliphatic carbocycles. The molecule has 0 bridgehead atoms. The van der Waals surface area contributed by atoms with Gasteiger partial charge in [0.15, 0.2) is 0 Å². The number of hydrogen-bond acceptors (Lipinski definition) is 2. The van der Waals surface area contributed by atoms with Crippen LogP contribution < -0.4 is 5.32 Å². The van der Waals surface area contributed by atoms with E-state index in [1.807, 2.05) is 24.3 Å². The summed E-state index contributed by atoms with van der Waals surface area (Å²) in [6, 6.07) is 7.72. The van der Waals surface area contributed by atoms with Gasteiger partial charge in [0.1, 0.15) is 0 Å². The van der Waals surface area contributed by atoms with Gasteiger partial charge >= 0.3 is 0 Å². The summed E-state index contributed by atoms with van der Waals surface area (Å²) < 4.78 is 0.922. The highest BCUT2D eigenvalue weighted by atomic mass is 79.9. The number of nitrogens with one attached hydrogen (secondary N) is 1. The van der Waals surface area contributed by atoms with Gasteiger partial charge in [0.05, 0.1) is 11.2 Å². The molecule has 0 saturated heterocycles. The normalized spacial score (nSPS) is 10.6. The molecule has 1 aromatic heterocycles. The van der Waals surface area contributed by atoms with Crippen molar-refractivity contribution in [2.45, 2.75) is 19.3 Å². The molecule has 19 heavy (non-hydrogen) atoms. The Morgan fingerprint density at radius 3 is 3.00 bits per heavy atom. The molecule has 1 heterocycles. The van der Waals surface area contributed by atoms with Gasteiger partial charge in [0.2, 0.25) is 5.91 Å². The molecule has 0 unspecified atom stereocenters. The Hall–Kier alpha value is -1.13. The highest BCUT2D eigenvalue weighted by Crippen LogP contribution is 2.24. The zero-order valence-corrected chi connectivity index (χ0v) is 12.7. The van der Waals surface area contributed by atoms with E-state index in [-0.39, 0.29) is 5.91 Å². The van der Waals surface area contributed by atoms with Crippen molar-refractivity contribution in [1.29, 1.82) is 0 Å². The summed E-state index contributed by atoms with van der Waals surface area (Å²) in [5, 5.41) is 3.90. The third kappa shape index (κ3) is 3.91. The highest BCUT2D eigenvalue weighted by molar-refractivity contribution is 9.10. The van der Waals surface area contributed by atoms with Gasteiger partial charge in [-0.1, -0.05) is 12.1 Å². The number of nitrogens with zero attached hydrogens (tertiary/aromatic N) is 1. The van der Waals surface area contributed by atoms with Crippen molar-refractivity contribution < 1.29 is 4.79 Å². The predicted octanol–water partition coefficient (Wildman–Crippen LogP) is 4.34. The average Bonchev–Trinajstić information content (AvgIpc) is 2.39. The monoisotopic (exact) mass is 340 g/mol. The van der Waals surface area contributed by atoms with Crippen molar-refractivity contribution in [3.05, 3.63) is 34.9 Å². The van der Waals surface area contributed by atoms with Crippen LogP contribution in [0.5, 0.6) is 0 Å².